The standard InChI is InChI=1S/C15H20BrN/c1-17-11-15(9-14(10-15)7-2-8-14)12-3-5-13(16)6-4-12/h3-6,17H,2,7-11H2,1H3. The zero-order chi connectivity index (χ0) is 11.9. The number of likely N-dealkylation sites (N-methyl/N-ethyl adjacent to an activating group) is 1. The van der Waals surface area contributed by atoms with Gasteiger partial charge in [-0.05, 0) is 55.8 Å². The molecular formula is C15H20BrN. The summed E-state index contributed by atoms with van der Waals surface area (Å²) >= 11 is 3.52. The van der Waals surface area contributed by atoms with Gasteiger partial charge in [0.2, 0.25) is 0 Å². The van der Waals surface area contributed by atoms with E-state index in [4.69, 9.17) is 0 Å². The predicted molar refractivity (Wildman–Crippen MR) is 75.3 cm³/mol. The number of rotatable bonds is 3. The summed E-state index contributed by atoms with van der Waals surface area (Å²) in [4.78, 5) is 0. The van der Waals surface area contributed by atoms with E-state index >= 15 is 0 Å². The van der Waals surface area contributed by atoms with Crippen LogP contribution in [0, 0.1) is 5.41 Å². The van der Waals surface area contributed by atoms with Crippen LogP contribution in [0.15, 0.2) is 28.7 Å². The minimum atomic E-state index is 0.413. The fourth-order valence-electron chi connectivity index (χ4n) is 3.99. The smallest absolute Gasteiger partial charge is 0.0175 e. The Morgan fingerprint density at radius 1 is 1.18 bits per heavy atom. The molecule has 0 amide bonds. The van der Waals surface area contributed by atoms with E-state index in [-0.39, 0.29) is 0 Å². The van der Waals surface area contributed by atoms with Gasteiger partial charge in [-0.1, -0.05) is 34.5 Å². The summed E-state index contributed by atoms with van der Waals surface area (Å²) < 4.78 is 1.18. The van der Waals surface area contributed by atoms with Crippen LogP contribution >= 0.6 is 15.9 Å². The summed E-state index contributed by atoms with van der Waals surface area (Å²) in [6.45, 7) is 1.12. The molecule has 1 aromatic rings. The number of nitrogens with one attached hydrogen (secondary N) is 1. The van der Waals surface area contributed by atoms with Gasteiger partial charge in [0.1, 0.15) is 0 Å². The Kier molecular flexibility index (Phi) is 2.83. The monoisotopic (exact) mass is 293 g/mol. The molecule has 92 valence electrons. The lowest BCUT2D eigenvalue weighted by atomic mass is 9.44. The van der Waals surface area contributed by atoms with E-state index in [9.17, 15) is 0 Å². The van der Waals surface area contributed by atoms with Crippen molar-refractivity contribution < 1.29 is 0 Å². The van der Waals surface area contributed by atoms with Crippen LogP contribution in [0.2, 0.25) is 0 Å². The Morgan fingerprint density at radius 2 is 1.82 bits per heavy atom. The van der Waals surface area contributed by atoms with Gasteiger partial charge in [0.05, 0.1) is 0 Å². The van der Waals surface area contributed by atoms with Crippen LogP contribution in [0.4, 0.5) is 0 Å². The van der Waals surface area contributed by atoms with Crippen molar-refractivity contribution in [1.82, 2.24) is 5.32 Å². The summed E-state index contributed by atoms with van der Waals surface area (Å²) in [6.07, 6.45) is 7.17. The Morgan fingerprint density at radius 3 is 2.29 bits per heavy atom. The summed E-state index contributed by atoms with van der Waals surface area (Å²) in [5.41, 5.74) is 2.66. The first-order valence-corrected chi connectivity index (χ1v) is 7.38. The molecular weight excluding hydrogens is 274 g/mol. The quantitative estimate of drug-likeness (QED) is 0.892. The Labute approximate surface area is 112 Å². The summed E-state index contributed by atoms with van der Waals surface area (Å²) in [7, 11) is 2.08. The van der Waals surface area contributed by atoms with Crippen molar-refractivity contribution in [2.75, 3.05) is 13.6 Å². The van der Waals surface area contributed by atoms with Gasteiger partial charge in [-0.3, -0.25) is 0 Å². The first kappa shape index (κ1) is 11.7. The number of halogens is 1. The van der Waals surface area contributed by atoms with Gasteiger partial charge in [0.15, 0.2) is 0 Å². The summed E-state index contributed by atoms with van der Waals surface area (Å²) in [5.74, 6) is 0. The zero-order valence-electron chi connectivity index (χ0n) is 10.4. The first-order chi connectivity index (χ1) is 8.18. The van der Waals surface area contributed by atoms with E-state index in [1.54, 1.807) is 0 Å². The average Bonchev–Trinajstić information content (AvgIpc) is 2.22. The van der Waals surface area contributed by atoms with Gasteiger partial charge >= 0.3 is 0 Å². The van der Waals surface area contributed by atoms with Gasteiger partial charge in [-0.15, -0.1) is 0 Å². The molecule has 0 heterocycles. The molecule has 2 fully saturated rings. The highest BCUT2D eigenvalue weighted by atomic mass is 79.9. The van der Waals surface area contributed by atoms with E-state index in [1.807, 2.05) is 0 Å². The molecule has 0 bridgehead atoms. The predicted octanol–water partition coefficient (Wildman–Crippen LogP) is 3.87. The van der Waals surface area contributed by atoms with Gasteiger partial charge in [0, 0.05) is 16.4 Å². The highest BCUT2D eigenvalue weighted by molar-refractivity contribution is 9.10. The van der Waals surface area contributed by atoms with Crippen LogP contribution in [0.1, 0.15) is 37.7 Å². The molecule has 1 spiro atoms. The summed E-state index contributed by atoms with van der Waals surface area (Å²) in [5, 5.41) is 3.40. The lowest BCUT2D eigenvalue weighted by Crippen LogP contribution is -2.57. The summed E-state index contributed by atoms with van der Waals surface area (Å²) in [6, 6.07) is 8.96. The van der Waals surface area contributed by atoms with E-state index < -0.39 is 0 Å². The van der Waals surface area contributed by atoms with Gasteiger partial charge in [0.25, 0.3) is 0 Å². The highest BCUT2D eigenvalue weighted by Gasteiger charge is 2.56. The molecule has 0 aliphatic heterocycles. The zero-order valence-corrected chi connectivity index (χ0v) is 12.0. The molecule has 0 aromatic heterocycles. The lowest BCUT2D eigenvalue weighted by molar-refractivity contribution is -0.0475. The van der Waals surface area contributed by atoms with Crippen molar-refractivity contribution >= 4 is 15.9 Å². The fourth-order valence-corrected chi connectivity index (χ4v) is 4.25. The first-order valence-electron chi connectivity index (χ1n) is 6.59. The fraction of sp³-hybridized carbons (Fsp3) is 0.600. The molecule has 1 N–H and O–H groups in total. The van der Waals surface area contributed by atoms with Crippen LogP contribution in [0.25, 0.3) is 0 Å². The third-order valence-electron chi connectivity index (χ3n) is 4.81. The van der Waals surface area contributed by atoms with Crippen LogP contribution < -0.4 is 5.32 Å². The maximum Gasteiger partial charge on any atom is 0.0175 e. The third kappa shape index (κ3) is 1.86. The second-order valence-corrected chi connectivity index (χ2v) is 6.94. The topological polar surface area (TPSA) is 12.0 Å². The lowest BCUT2D eigenvalue weighted by Gasteiger charge is -2.61. The Bertz CT molecular complexity index is 397. The van der Waals surface area contributed by atoms with Crippen molar-refractivity contribution in [3.05, 3.63) is 34.3 Å². The van der Waals surface area contributed by atoms with Crippen LogP contribution in [-0.4, -0.2) is 13.6 Å². The largest absolute Gasteiger partial charge is 0.319 e. The van der Waals surface area contributed by atoms with Gasteiger partial charge in [-0.25, -0.2) is 0 Å². The van der Waals surface area contributed by atoms with E-state index in [1.165, 1.54) is 42.1 Å². The molecule has 3 rings (SSSR count). The number of hydrogen-bond donors (Lipinski definition) is 1. The van der Waals surface area contributed by atoms with Crippen molar-refractivity contribution in [3.63, 3.8) is 0 Å². The van der Waals surface area contributed by atoms with E-state index in [0.717, 1.165) is 12.0 Å². The van der Waals surface area contributed by atoms with Crippen molar-refractivity contribution in [2.24, 2.45) is 5.41 Å². The second-order valence-electron chi connectivity index (χ2n) is 6.02. The molecule has 1 nitrogen and oxygen atoms in total. The number of benzene rings is 1. The van der Waals surface area contributed by atoms with Gasteiger partial charge in [-0.2, -0.15) is 0 Å². The van der Waals surface area contributed by atoms with Crippen LogP contribution in [-0.2, 0) is 5.41 Å². The van der Waals surface area contributed by atoms with Crippen molar-refractivity contribution in [1.29, 1.82) is 0 Å². The molecule has 0 radical (unpaired) electrons. The van der Waals surface area contributed by atoms with Gasteiger partial charge < -0.3 is 5.32 Å². The molecule has 17 heavy (non-hydrogen) atoms. The molecule has 0 unspecified atom stereocenters. The SMILES string of the molecule is CNCC1(c2ccc(Br)cc2)CC2(CCC2)C1. The molecule has 1 aromatic carbocycles. The molecule has 2 heteroatoms. The third-order valence-corrected chi connectivity index (χ3v) is 5.34. The van der Waals surface area contributed by atoms with Crippen molar-refractivity contribution in [3.8, 4) is 0 Å². The Hall–Kier alpha value is -0.340. The molecule has 0 saturated heterocycles. The number of hydrogen-bond acceptors (Lipinski definition) is 1. The van der Waals surface area contributed by atoms with E-state index in [0.29, 0.717) is 5.41 Å². The highest BCUT2D eigenvalue weighted by Crippen LogP contribution is 2.64. The van der Waals surface area contributed by atoms with Crippen LogP contribution in [0.5, 0.6) is 0 Å². The molecule has 2 aliphatic rings. The average molecular weight is 294 g/mol. The maximum atomic E-state index is 3.52. The molecule has 0 atom stereocenters. The maximum absolute atomic E-state index is 3.52. The molecule has 2 saturated carbocycles. The Balaban J connectivity index is 1.83. The minimum absolute atomic E-state index is 0.413. The molecule has 2 aliphatic carbocycles. The normalized spacial score (nSPS) is 24.1. The van der Waals surface area contributed by atoms with Crippen LogP contribution in [0.3, 0.4) is 0 Å². The second kappa shape index (κ2) is 4.10. The van der Waals surface area contributed by atoms with E-state index in [2.05, 4.69) is 52.6 Å². The van der Waals surface area contributed by atoms with Crippen molar-refractivity contribution in [2.45, 2.75) is 37.5 Å². The minimum Gasteiger partial charge on any atom is -0.319 e.